The highest BCUT2D eigenvalue weighted by Gasteiger charge is 2.18. The average Bonchev–Trinajstić information content (AvgIpc) is 1.87. The SMILES string of the molecule is COC(=O)NC(C)(C)CO. The number of nitrogens with one attached hydrogen (secondary N) is 1. The topological polar surface area (TPSA) is 58.6 Å². The van der Waals surface area contributed by atoms with E-state index in [0.29, 0.717) is 0 Å². The van der Waals surface area contributed by atoms with E-state index in [2.05, 4.69) is 10.1 Å². The molecule has 0 aromatic carbocycles. The Bertz CT molecular complexity index is 122. The van der Waals surface area contributed by atoms with Crippen LogP contribution in [0.1, 0.15) is 13.8 Å². The molecular weight excluding hydrogens is 134 g/mol. The fraction of sp³-hybridized carbons (Fsp3) is 0.833. The first-order valence-electron chi connectivity index (χ1n) is 2.99. The molecule has 2 N–H and O–H groups in total. The van der Waals surface area contributed by atoms with Crippen LogP contribution in [0.15, 0.2) is 0 Å². The van der Waals surface area contributed by atoms with E-state index >= 15 is 0 Å². The molecule has 0 aromatic rings. The lowest BCUT2D eigenvalue weighted by Gasteiger charge is -2.21. The molecule has 0 aromatic heterocycles. The van der Waals surface area contributed by atoms with Gasteiger partial charge in [0.15, 0.2) is 0 Å². The zero-order valence-electron chi connectivity index (χ0n) is 6.47. The summed E-state index contributed by atoms with van der Waals surface area (Å²) in [6, 6.07) is 0. The van der Waals surface area contributed by atoms with Gasteiger partial charge in [-0.3, -0.25) is 0 Å². The number of hydrogen-bond acceptors (Lipinski definition) is 3. The molecule has 4 nitrogen and oxygen atoms in total. The van der Waals surface area contributed by atoms with Gasteiger partial charge in [-0.05, 0) is 13.8 Å². The average molecular weight is 147 g/mol. The van der Waals surface area contributed by atoms with Gasteiger partial charge in [0.2, 0.25) is 0 Å². The quantitative estimate of drug-likeness (QED) is 0.583. The van der Waals surface area contributed by atoms with E-state index in [-0.39, 0.29) is 6.61 Å². The number of methoxy groups -OCH3 is 1. The Kier molecular flexibility index (Phi) is 3.15. The van der Waals surface area contributed by atoms with Gasteiger partial charge in [-0.2, -0.15) is 0 Å². The molecule has 0 spiro atoms. The number of carbonyl (C=O) groups excluding carboxylic acids is 1. The molecule has 60 valence electrons. The molecule has 0 bridgehead atoms. The van der Waals surface area contributed by atoms with Crippen LogP contribution in [-0.4, -0.2) is 30.5 Å². The molecule has 0 aliphatic heterocycles. The van der Waals surface area contributed by atoms with Crippen molar-refractivity contribution in [3.8, 4) is 0 Å². The summed E-state index contributed by atoms with van der Waals surface area (Å²) in [4.78, 5) is 10.5. The van der Waals surface area contributed by atoms with Crippen LogP contribution in [-0.2, 0) is 4.74 Å². The van der Waals surface area contributed by atoms with Crippen LogP contribution in [0, 0.1) is 0 Å². The Morgan fingerprint density at radius 1 is 1.70 bits per heavy atom. The van der Waals surface area contributed by atoms with Gasteiger partial charge in [0.25, 0.3) is 0 Å². The molecule has 1 amide bonds. The third-order valence-corrected chi connectivity index (χ3v) is 1.02. The highest BCUT2D eigenvalue weighted by atomic mass is 16.5. The van der Waals surface area contributed by atoms with Crippen LogP contribution in [0.3, 0.4) is 0 Å². The maximum Gasteiger partial charge on any atom is 0.407 e. The minimum atomic E-state index is -0.604. The maximum atomic E-state index is 10.5. The lowest BCUT2D eigenvalue weighted by atomic mass is 10.1. The molecular formula is C6H13NO3. The van der Waals surface area contributed by atoms with Crippen molar-refractivity contribution in [1.29, 1.82) is 0 Å². The number of aliphatic hydroxyl groups is 1. The van der Waals surface area contributed by atoms with E-state index in [9.17, 15) is 4.79 Å². The van der Waals surface area contributed by atoms with Crippen molar-refractivity contribution in [2.75, 3.05) is 13.7 Å². The predicted molar refractivity (Wildman–Crippen MR) is 36.7 cm³/mol. The van der Waals surface area contributed by atoms with E-state index in [0.717, 1.165) is 0 Å². The van der Waals surface area contributed by atoms with E-state index in [4.69, 9.17) is 5.11 Å². The fourth-order valence-corrected chi connectivity index (χ4v) is 0.367. The van der Waals surface area contributed by atoms with Crippen LogP contribution >= 0.6 is 0 Å². The number of carbonyl (C=O) groups is 1. The maximum absolute atomic E-state index is 10.5. The Hall–Kier alpha value is -0.770. The standard InChI is InChI=1S/C6H13NO3/c1-6(2,4-8)7-5(9)10-3/h8H,4H2,1-3H3,(H,7,9). The Balaban J connectivity index is 3.76. The lowest BCUT2D eigenvalue weighted by molar-refractivity contribution is 0.139. The van der Waals surface area contributed by atoms with Gasteiger partial charge < -0.3 is 15.2 Å². The number of alkyl carbamates (subject to hydrolysis) is 1. The zero-order chi connectivity index (χ0) is 8.20. The van der Waals surface area contributed by atoms with Gasteiger partial charge in [-0.1, -0.05) is 0 Å². The highest BCUT2D eigenvalue weighted by Crippen LogP contribution is 1.98. The summed E-state index contributed by atoms with van der Waals surface area (Å²) in [5, 5.41) is 11.1. The summed E-state index contributed by atoms with van der Waals surface area (Å²) < 4.78 is 4.33. The molecule has 0 heterocycles. The van der Waals surface area contributed by atoms with Gasteiger partial charge in [0.1, 0.15) is 0 Å². The summed E-state index contributed by atoms with van der Waals surface area (Å²) in [7, 11) is 1.28. The minimum Gasteiger partial charge on any atom is -0.453 e. The van der Waals surface area contributed by atoms with Crippen molar-refractivity contribution >= 4 is 6.09 Å². The molecule has 0 saturated carbocycles. The Morgan fingerprint density at radius 3 is 2.50 bits per heavy atom. The summed E-state index contributed by atoms with van der Waals surface area (Å²) in [5.41, 5.74) is -0.604. The summed E-state index contributed by atoms with van der Waals surface area (Å²) in [6.07, 6.45) is -0.529. The van der Waals surface area contributed by atoms with Gasteiger partial charge in [0, 0.05) is 0 Å². The first kappa shape index (κ1) is 9.23. The minimum absolute atomic E-state index is 0.109. The second-order valence-electron chi connectivity index (χ2n) is 2.66. The molecule has 0 radical (unpaired) electrons. The summed E-state index contributed by atoms with van der Waals surface area (Å²) >= 11 is 0. The number of amides is 1. The fourth-order valence-electron chi connectivity index (χ4n) is 0.367. The van der Waals surface area contributed by atoms with Crippen LogP contribution in [0.2, 0.25) is 0 Å². The molecule has 0 fully saturated rings. The normalized spacial score (nSPS) is 10.8. The van der Waals surface area contributed by atoms with E-state index in [1.165, 1.54) is 7.11 Å². The van der Waals surface area contributed by atoms with Crippen molar-refractivity contribution in [2.45, 2.75) is 19.4 Å². The largest absolute Gasteiger partial charge is 0.453 e. The molecule has 0 rings (SSSR count). The van der Waals surface area contributed by atoms with Crippen molar-refractivity contribution in [3.05, 3.63) is 0 Å². The van der Waals surface area contributed by atoms with Gasteiger partial charge in [-0.25, -0.2) is 4.79 Å². The lowest BCUT2D eigenvalue weighted by Crippen LogP contribution is -2.46. The van der Waals surface area contributed by atoms with Crippen LogP contribution < -0.4 is 5.32 Å². The van der Waals surface area contributed by atoms with Crippen molar-refractivity contribution in [3.63, 3.8) is 0 Å². The second kappa shape index (κ2) is 3.41. The molecule has 0 atom stereocenters. The van der Waals surface area contributed by atoms with Crippen molar-refractivity contribution < 1.29 is 14.6 Å². The van der Waals surface area contributed by atoms with Crippen LogP contribution in [0.4, 0.5) is 4.79 Å². The monoisotopic (exact) mass is 147 g/mol. The second-order valence-corrected chi connectivity index (χ2v) is 2.66. The molecule has 0 saturated heterocycles. The van der Waals surface area contributed by atoms with Gasteiger partial charge >= 0.3 is 6.09 Å². The number of aliphatic hydroxyl groups excluding tert-OH is 1. The molecule has 0 aliphatic rings. The van der Waals surface area contributed by atoms with Crippen molar-refractivity contribution in [1.82, 2.24) is 5.32 Å². The summed E-state index contributed by atoms with van der Waals surface area (Å²) in [5.74, 6) is 0. The number of rotatable bonds is 2. The smallest absolute Gasteiger partial charge is 0.407 e. The number of hydrogen-bond donors (Lipinski definition) is 2. The highest BCUT2D eigenvalue weighted by molar-refractivity contribution is 5.67. The van der Waals surface area contributed by atoms with Crippen molar-refractivity contribution in [2.24, 2.45) is 0 Å². The first-order chi connectivity index (χ1) is 4.52. The Labute approximate surface area is 60.2 Å². The van der Waals surface area contributed by atoms with E-state index in [1.807, 2.05) is 0 Å². The van der Waals surface area contributed by atoms with E-state index < -0.39 is 11.6 Å². The summed E-state index contributed by atoms with van der Waals surface area (Å²) in [6.45, 7) is 3.29. The zero-order valence-corrected chi connectivity index (χ0v) is 6.47. The van der Waals surface area contributed by atoms with Crippen LogP contribution in [0.25, 0.3) is 0 Å². The number of ether oxygens (including phenoxy) is 1. The third kappa shape index (κ3) is 3.29. The molecule has 0 unspecified atom stereocenters. The Morgan fingerprint density at radius 2 is 2.20 bits per heavy atom. The van der Waals surface area contributed by atoms with Crippen LogP contribution in [0.5, 0.6) is 0 Å². The predicted octanol–water partition coefficient (Wildman–Crippen LogP) is 0.113. The van der Waals surface area contributed by atoms with E-state index in [1.54, 1.807) is 13.8 Å². The molecule has 4 heteroatoms. The van der Waals surface area contributed by atoms with Gasteiger partial charge in [0.05, 0.1) is 19.3 Å². The molecule has 10 heavy (non-hydrogen) atoms. The van der Waals surface area contributed by atoms with Gasteiger partial charge in [-0.15, -0.1) is 0 Å². The third-order valence-electron chi connectivity index (χ3n) is 1.02. The first-order valence-corrected chi connectivity index (χ1v) is 2.99. The molecule has 0 aliphatic carbocycles.